The van der Waals surface area contributed by atoms with E-state index in [1.165, 1.54) is 0 Å². The maximum Gasteiger partial charge on any atom is 0.311 e. The predicted molar refractivity (Wildman–Crippen MR) is 81.6 cm³/mol. The molecule has 6 nitrogen and oxygen atoms in total. The highest BCUT2D eigenvalue weighted by Crippen LogP contribution is 2.28. The summed E-state index contributed by atoms with van der Waals surface area (Å²) >= 11 is 0. The number of ether oxygens (including phenoxy) is 2. The monoisotopic (exact) mass is 296 g/mol. The second-order valence-electron chi connectivity index (χ2n) is 5.47. The molecule has 1 N–H and O–H groups in total. The fraction of sp³-hybridized carbons (Fsp3) is 0.600. The van der Waals surface area contributed by atoms with Gasteiger partial charge in [0.05, 0.1) is 11.5 Å². The second-order valence-corrected chi connectivity index (χ2v) is 5.47. The van der Waals surface area contributed by atoms with Gasteiger partial charge in [-0.3, -0.25) is 10.1 Å². The highest BCUT2D eigenvalue weighted by Gasteiger charge is 2.18. The minimum absolute atomic E-state index is 0.0122. The van der Waals surface area contributed by atoms with Gasteiger partial charge in [0.2, 0.25) is 0 Å². The van der Waals surface area contributed by atoms with Crippen LogP contribution >= 0.6 is 0 Å². The minimum atomic E-state index is -0.416. The van der Waals surface area contributed by atoms with Gasteiger partial charge in [-0.1, -0.05) is 19.9 Å². The lowest BCUT2D eigenvalue weighted by atomic mass is 10.1. The summed E-state index contributed by atoms with van der Waals surface area (Å²) < 4.78 is 10.5. The molecule has 1 aromatic carbocycles. The normalized spacial score (nSPS) is 12.4. The molecule has 1 aromatic rings. The smallest absolute Gasteiger partial charge is 0.311 e. The van der Waals surface area contributed by atoms with E-state index in [-0.39, 0.29) is 17.5 Å². The van der Waals surface area contributed by atoms with Crippen LogP contribution in [0.25, 0.3) is 0 Å². The Balaban J connectivity index is 2.79. The van der Waals surface area contributed by atoms with E-state index in [1.54, 1.807) is 19.2 Å². The molecule has 1 atom stereocenters. The van der Waals surface area contributed by atoms with Crippen LogP contribution in [0.4, 0.5) is 5.69 Å². The average molecular weight is 296 g/mol. The molecule has 0 aliphatic rings. The average Bonchev–Trinajstić information content (AvgIpc) is 2.39. The summed E-state index contributed by atoms with van der Waals surface area (Å²) in [5.74, 6) is 0.814. The molecule has 0 saturated heterocycles. The van der Waals surface area contributed by atoms with Crippen molar-refractivity contribution in [2.45, 2.75) is 33.4 Å². The van der Waals surface area contributed by atoms with Gasteiger partial charge in [0, 0.05) is 19.7 Å². The van der Waals surface area contributed by atoms with Crippen LogP contribution in [0.3, 0.4) is 0 Å². The molecule has 1 unspecified atom stereocenters. The van der Waals surface area contributed by atoms with Crippen LogP contribution < -0.4 is 10.1 Å². The van der Waals surface area contributed by atoms with E-state index in [0.717, 1.165) is 12.1 Å². The van der Waals surface area contributed by atoms with Crippen LogP contribution in [0.5, 0.6) is 5.75 Å². The quantitative estimate of drug-likeness (QED) is 0.560. The molecule has 0 bridgehead atoms. The topological polar surface area (TPSA) is 73.6 Å². The Bertz CT molecular complexity index is 463. The van der Waals surface area contributed by atoms with Crippen LogP contribution in [0.15, 0.2) is 18.2 Å². The Hall–Kier alpha value is -1.66. The summed E-state index contributed by atoms with van der Waals surface area (Å²) in [5, 5.41) is 14.4. The molecular formula is C15H24N2O4. The Morgan fingerprint density at radius 2 is 2.05 bits per heavy atom. The predicted octanol–water partition coefficient (Wildman–Crippen LogP) is 2.75. The fourth-order valence-electron chi connectivity index (χ4n) is 1.91. The van der Waals surface area contributed by atoms with E-state index in [1.807, 2.05) is 13.0 Å². The molecule has 0 saturated carbocycles. The second kappa shape index (κ2) is 8.59. The van der Waals surface area contributed by atoms with Gasteiger partial charge in [-0.15, -0.1) is 0 Å². The summed E-state index contributed by atoms with van der Waals surface area (Å²) in [6.07, 6.45) is -0.237. The highest BCUT2D eigenvalue weighted by molar-refractivity contribution is 5.48. The van der Waals surface area contributed by atoms with Crippen molar-refractivity contribution in [1.82, 2.24) is 5.32 Å². The molecule has 1 rings (SSSR count). The van der Waals surface area contributed by atoms with E-state index < -0.39 is 4.92 Å². The first-order valence-corrected chi connectivity index (χ1v) is 7.07. The lowest BCUT2D eigenvalue weighted by Gasteiger charge is -2.14. The van der Waals surface area contributed by atoms with Crippen molar-refractivity contribution in [2.24, 2.45) is 5.92 Å². The van der Waals surface area contributed by atoms with Crippen molar-refractivity contribution in [1.29, 1.82) is 0 Å². The third-order valence-electron chi connectivity index (χ3n) is 2.83. The molecule has 6 heteroatoms. The highest BCUT2D eigenvalue weighted by atomic mass is 16.6. The Kier molecular flexibility index (Phi) is 7.11. The zero-order valence-corrected chi connectivity index (χ0v) is 13.1. The zero-order valence-electron chi connectivity index (χ0n) is 13.1. The van der Waals surface area contributed by atoms with E-state index in [4.69, 9.17) is 9.47 Å². The van der Waals surface area contributed by atoms with Crippen molar-refractivity contribution in [2.75, 3.05) is 20.3 Å². The van der Waals surface area contributed by atoms with Crippen molar-refractivity contribution in [3.8, 4) is 5.75 Å². The molecule has 21 heavy (non-hydrogen) atoms. The molecule has 118 valence electrons. The first-order chi connectivity index (χ1) is 9.93. The van der Waals surface area contributed by atoms with E-state index >= 15 is 0 Å². The van der Waals surface area contributed by atoms with Crippen LogP contribution in [-0.4, -0.2) is 31.3 Å². The Morgan fingerprint density at radius 3 is 2.62 bits per heavy atom. The number of rotatable bonds is 9. The largest absolute Gasteiger partial charge is 0.481 e. The van der Waals surface area contributed by atoms with Gasteiger partial charge in [0.15, 0.2) is 5.75 Å². The number of nitro groups is 1. The maximum atomic E-state index is 11.2. The number of nitro benzene ring substituents is 1. The molecule has 0 fully saturated rings. The van der Waals surface area contributed by atoms with Crippen molar-refractivity contribution >= 4 is 5.69 Å². The molecular weight excluding hydrogens is 272 g/mol. The number of methoxy groups -OCH3 is 1. The van der Waals surface area contributed by atoms with E-state index in [2.05, 4.69) is 19.2 Å². The number of nitrogens with one attached hydrogen (secondary N) is 1. The standard InChI is InChI=1S/C15H24N2O4/c1-11(2)8-16-9-13-5-6-15(14(7-13)17(18)19)21-12(3)10-20-4/h5-7,11-12,16H,8-10H2,1-4H3. The first-order valence-electron chi connectivity index (χ1n) is 7.07. The summed E-state index contributed by atoms with van der Waals surface area (Å²) in [7, 11) is 1.57. The molecule has 0 spiro atoms. The summed E-state index contributed by atoms with van der Waals surface area (Å²) in [6, 6.07) is 5.05. The van der Waals surface area contributed by atoms with Gasteiger partial charge in [-0.25, -0.2) is 0 Å². The number of nitrogens with zero attached hydrogens (tertiary/aromatic N) is 1. The van der Waals surface area contributed by atoms with Crippen molar-refractivity contribution < 1.29 is 14.4 Å². The van der Waals surface area contributed by atoms with E-state index in [9.17, 15) is 10.1 Å². The van der Waals surface area contributed by atoms with Crippen molar-refractivity contribution in [3.63, 3.8) is 0 Å². The van der Waals surface area contributed by atoms with Gasteiger partial charge in [-0.2, -0.15) is 0 Å². The van der Waals surface area contributed by atoms with Gasteiger partial charge >= 0.3 is 5.69 Å². The third-order valence-corrected chi connectivity index (χ3v) is 2.83. The Morgan fingerprint density at radius 1 is 1.33 bits per heavy atom. The molecule has 0 aliphatic carbocycles. The van der Waals surface area contributed by atoms with Crippen molar-refractivity contribution in [3.05, 3.63) is 33.9 Å². The Labute approximate surface area is 125 Å². The molecule has 0 aliphatic heterocycles. The van der Waals surface area contributed by atoms with Crippen LogP contribution in [0.1, 0.15) is 26.3 Å². The minimum Gasteiger partial charge on any atom is -0.481 e. The zero-order chi connectivity index (χ0) is 15.8. The third kappa shape index (κ3) is 6.10. The first kappa shape index (κ1) is 17.4. The lowest BCUT2D eigenvalue weighted by Crippen LogP contribution is -2.20. The molecule has 0 radical (unpaired) electrons. The number of hydrogen-bond acceptors (Lipinski definition) is 5. The van der Waals surface area contributed by atoms with Gasteiger partial charge in [-0.05, 0) is 31.0 Å². The SMILES string of the molecule is COCC(C)Oc1ccc(CNCC(C)C)cc1[N+](=O)[O-]. The number of benzene rings is 1. The number of hydrogen-bond donors (Lipinski definition) is 1. The molecule has 0 heterocycles. The van der Waals surface area contributed by atoms with Crippen LogP contribution in [-0.2, 0) is 11.3 Å². The summed E-state index contributed by atoms with van der Waals surface area (Å²) in [6.45, 7) is 7.90. The summed E-state index contributed by atoms with van der Waals surface area (Å²) in [4.78, 5) is 10.8. The van der Waals surface area contributed by atoms with Crippen LogP contribution in [0, 0.1) is 16.0 Å². The van der Waals surface area contributed by atoms with Gasteiger partial charge in [0.25, 0.3) is 0 Å². The lowest BCUT2D eigenvalue weighted by molar-refractivity contribution is -0.386. The van der Waals surface area contributed by atoms with Gasteiger partial charge in [0.1, 0.15) is 6.10 Å². The van der Waals surface area contributed by atoms with Crippen LogP contribution in [0.2, 0.25) is 0 Å². The molecule has 0 amide bonds. The molecule has 0 aromatic heterocycles. The maximum absolute atomic E-state index is 11.2. The summed E-state index contributed by atoms with van der Waals surface area (Å²) in [5.41, 5.74) is 0.857. The van der Waals surface area contributed by atoms with Gasteiger partial charge < -0.3 is 14.8 Å². The van der Waals surface area contributed by atoms with E-state index in [0.29, 0.717) is 19.1 Å². The fourth-order valence-corrected chi connectivity index (χ4v) is 1.91.